The van der Waals surface area contributed by atoms with Crippen LogP contribution in [0.3, 0.4) is 0 Å². The first-order valence-electron chi connectivity index (χ1n) is 10.8. The highest BCUT2D eigenvalue weighted by molar-refractivity contribution is 9.11. The topological polar surface area (TPSA) is 74.8 Å². The normalized spacial score (nSPS) is 13.0. The van der Waals surface area contributed by atoms with Crippen LogP contribution in [0.5, 0.6) is 0 Å². The monoisotopic (exact) mass is 578 g/mol. The molecule has 35 heavy (non-hydrogen) atoms. The summed E-state index contributed by atoms with van der Waals surface area (Å²) in [5.41, 5.74) is -0.175. The van der Waals surface area contributed by atoms with Gasteiger partial charge in [-0.2, -0.15) is 13.2 Å². The van der Waals surface area contributed by atoms with E-state index in [2.05, 4.69) is 26.2 Å². The van der Waals surface area contributed by atoms with Gasteiger partial charge in [0, 0.05) is 20.0 Å². The molecule has 7 nitrogen and oxygen atoms in total. The lowest BCUT2D eigenvalue weighted by molar-refractivity contribution is -0.137. The fourth-order valence-electron chi connectivity index (χ4n) is 3.15. The van der Waals surface area contributed by atoms with Gasteiger partial charge < -0.3 is 15.0 Å². The molecule has 0 saturated heterocycles. The number of aromatic nitrogens is 1. The van der Waals surface area contributed by atoms with Crippen molar-refractivity contribution in [3.8, 4) is 0 Å². The fraction of sp³-hybridized carbons (Fsp3) is 0.522. The van der Waals surface area contributed by atoms with Gasteiger partial charge in [-0.1, -0.05) is 23.5 Å². The molecular formula is C23H30BrF3N4O3S. The molecule has 0 spiro atoms. The summed E-state index contributed by atoms with van der Waals surface area (Å²) in [6.07, 6.45) is -4.95. The lowest BCUT2D eigenvalue weighted by Gasteiger charge is -2.27. The number of alkyl halides is 3. The minimum atomic E-state index is -4.44. The molecule has 0 aliphatic heterocycles. The van der Waals surface area contributed by atoms with E-state index >= 15 is 0 Å². The largest absolute Gasteiger partial charge is 0.444 e. The Bertz CT molecular complexity index is 1020. The Morgan fingerprint density at radius 3 is 2.26 bits per heavy atom. The number of ether oxygens (including phenoxy) is 1. The van der Waals surface area contributed by atoms with Crippen LogP contribution in [0.4, 0.5) is 23.1 Å². The molecule has 2 amide bonds. The van der Waals surface area contributed by atoms with Crippen molar-refractivity contribution in [2.24, 2.45) is 0 Å². The van der Waals surface area contributed by atoms with Gasteiger partial charge >= 0.3 is 12.3 Å². The Hall–Kier alpha value is -2.18. The van der Waals surface area contributed by atoms with E-state index in [-0.39, 0.29) is 18.9 Å². The maximum Gasteiger partial charge on any atom is 0.416 e. The van der Waals surface area contributed by atoms with E-state index in [1.54, 1.807) is 20.8 Å². The van der Waals surface area contributed by atoms with Crippen molar-refractivity contribution in [2.75, 3.05) is 25.5 Å². The quantitative estimate of drug-likeness (QED) is 0.449. The van der Waals surface area contributed by atoms with E-state index < -0.39 is 29.5 Å². The summed E-state index contributed by atoms with van der Waals surface area (Å²) in [4.78, 5) is 33.0. The van der Waals surface area contributed by atoms with Crippen molar-refractivity contribution in [1.29, 1.82) is 0 Å². The number of hydrogen-bond donors (Lipinski definition) is 1. The summed E-state index contributed by atoms with van der Waals surface area (Å²) in [6.45, 7) is 7.17. The maximum atomic E-state index is 12.9. The first-order valence-corrected chi connectivity index (χ1v) is 12.4. The van der Waals surface area contributed by atoms with Gasteiger partial charge in [0.15, 0.2) is 5.13 Å². The van der Waals surface area contributed by atoms with Gasteiger partial charge in [-0.15, -0.1) is 0 Å². The van der Waals surface area contributed by atoms with E-state index in [4.69, 9.17) is 4.74 Å². The number of alkyl carbamates (subject to hydrolysis) is 1. The zero-order valence-electron chi connectivity index (χ0n) is 20.5. The molecular weight excluding hydrogens is 549 g/mol. The summed E-state index contributed by atoms with van der Waals surface area (Å²) in [5.74, 6) is -0.286. The van der Waals surface area contributed by atoms with Gasteiger partial charge in [-0.05, 0) is 74.9 Å². The van der Waals surface area contributed by atoms with Crippen molar-refractivity contribution in [2.45, 2.75) is 58.5 Å². The average Bonchev–Trinajstić information content (AvgIpc) is 3.03. The molecule has 1 atom stereocenters. The van der Waals surface area contributed by atoms with Gasteiger partial charge in [-0.25, -0.2) is 9.78 Å². The Balaban J connectivity index is 2.31. The maximum absolute atomic E-state index is 12.9. The van der Waals surface area contributed by atoms with E-state index in [9.17, 15) is 22.8 Å². The van der Waals surface area contributed by atoms with Crippen molar-refractivity contribution in [1.82, 2.24) is 15.2 Å². The van der Waals surface area contributed by atoms with Gasteiger partial charge in [0.25, 0.3) is 0 Å². The van der Waals surface area contributed by atoms with Crippen LogP contribution in [0.15, 0.2) is 28.1 Å². The SMILES string of the molecule is CC(=O)N(C[C@H](Cc1ccc(C(F)(F)F)cc1)NC(=O)OC(C)(C)C)c1nc(CN(C)C)c(Br)s1. The summed E-state index contributed by atoms with van der Waals surface area (Å²) in [7, 11) is 3.80. The van der Waals surface area contributed by atoms with Crippen LogP contribution in [0.25, 0.3) is 0 Å². The molecule has 2 aromatic rings. The number of nitrogens with one attached hydrogen (secondary N) is 1. The number of anilines is 1. The molecule has 12 heteroatoms. The smallest absolute Gasteiger partial charge is 0.416 e. The molecule has 0 unspecified atom stereocenters. The number of hydrogen-bond acceptors (Lipinski definition) is 6. The Kier molecular flexibility index (Phi) is 9.71. The van der Waals surface area contributed by atoms with Crippen molar-refractivity contribution < 1.29 is 27.5 Å². The second-order valence-electron chi connectivity index (χ2n) is 9.33. The number of rotatable bonds is 8. The Morgan fingerprint density at radius 2 is 1.77 bits per heavy atom. The number of benzene rings is 1. The number of nitrogens with zero attached hydrogens (tertiary/aromatic N) is 3. The van der Waals surface area contributed by atoms with E-state index in [1.165, 1.54) is 35.3 Å². The van der Waals surface area contributed by atoms with Crippen LogP contribution in [0.2, 0.25) is 0 Å². The van der Waals surface area contributed by atoms with Gasteiger partial charge in [-0.3, -0.25) is 9.69 Å². The number of halogens is 4. The number of thiazole rings is 1. The van der Waals surface area contributed by atoms with Crippen molar-refractivity contribution in [3.63, 3.8) is 0 Å². The highest BCUT2D eigenvalue weighted by atomic mass is 79.9. The van der Waals surface area contributed by atoms with Crippen LogP contribution >= 0.6 is 27.3 Å². The molecule has 0 radical (unpaired) electrons. The third kappa shape index (κ3) is 9.42. The Labute approximate surface area is 215 Å². The zero-order chi connectivity index (χ0) is 26.6. The van der Waals surface area contributed by atoms with Crippen LogP contribution in [-0.2, 0) is 28.7 Å². The minimum absolute atomic E-state index is 0.0525. The van der Waals surface area contributed by atoms with Gasteiger partial charge in [0.2, 0.25) is 5.91 Å². The first kappa shape index (κ1) is 29.1. The average molecular weight is 579 g/mol. The van der Waals surface area contributed by atoms with Crippen LogP contribution in [-0.4, -0.2) is 54.2 Å². The third-order valence-electron chi connectivity index (χ3n) is 4.60. The molecule has 2 rings (SSSR count). The molecule has 1 aromatic carbocycles. The standard InChI is InChI=1S/C23H30BrF3N4O3S/c1-14(32)31(20-29-18(13-30(5)6)19(24)35-20)12-17(28-21(33)34-22(2,3)4)11-15-7-9-16(10-8-15)23(25,26)27/h7-10,17H,11-13H2,1-6H3,(H,28,33)/t17-/m0/s1. The zero-order valence-corrected chi connectivity index (χ0v) is 22.9. The van der Waals surface area contributed by atoms with Crippen LogP contribution < -0.4 is 10.2 Å². The minimum Gasteiger partial charge on any atom is -0.444 e. The summed E-state index contributed by atoms with van der Waals surface area (Å²) < 4.78 is 45.0. The fourth-order valence-corrected chi connectivity index (χ4v) is 4.65. The van der Waals surface area contributed by atoms with Crippen LogP contribution in [0, 0.1) is 0 Å². The van der Waals surface area contributed by atoms with Crippen molar-refractivity contribution in [3.05, 3.63) is 44.9 Å². The number of carbonyl (C=O) groups is 2. The van der Waals surface area contributed by atoms with Crippen LogP contribution in [0.1, 0.15) is 44.5 Å². The highest BCUT2D eigenvalue weighted by Gasteiger charge is 2.30. The molecule has 0 saturated carbocycles. The molecule has 0 aliphatic carbocycles. The van der Waals surface area contributed by atoms with E-state index in [0.29, 0.717) is 17.2 Å². The summed E-state index contributed by atoms with van der Waals surface area (Å²) >= 11 is 4.78. The van der Waals surface area contributed by atoms with Crippen molar-refractivity contribution >= 4 is 44.4 Å². The van der Waals surface area contributed by atoms with Gasteiger partial charge in [0.05, 0.1) is 21.1 Å². The molecule has 194 valence electrons. The molecule has 1 heterocycles. The predicted molar refractivity (Wildman–Crippen MR) is 134 cm³/mol. The van der Waals surface area contributed by atoms with E-state index in [0.717, 1.165) is 21.6 Å². The Morgan fingerprint density at radius 1 is 1.17 bits per heavy atom. The summed E-state index contributed by atoms with van der Waals surface area (Å²) in [6, 6.07) is 4.06. The predicted octanol–water partition coefficient (Wildman–Crippen LogP) is 5.47. The summed E-state index contributed by atoms with van der Waals surface area (Å²) in [5, 5.41) is 3.20. The molecule has 0 fully saturated rings. The number of carbonyl (C=O) groups excluding carboxylic acids is 2. The van der Waals surface area contributed by atoms with E-state index in [1.807, 2.05) is 19.0 Å². The number of amides is 2. The molecule has 1 N–H and O–H groups in total. The molecule has 0 aliphatic rings. The second kappa shape index (κ2) is 11.7. The lowest BCUT2D eigenvalue weighted by atomic mass is 10.0. The first-order chi connectivity index (χ1) is 16.0. The van der Waals surface area contributed by atoms with Gasteiger partial charge in [0.1, 0.15) is 5.60 Å². The second-order valence-corrected chi connectivity index (χ2v) is 11.6. The lowest BCUT2D eigenvalue weighted by Crippen LogP contribution is -2.48. The molecule has 1 aromatic heterocycles. The molecule has 0 bridgehead atoms. The third-order valence-corrected chi connectivity index (χ3v) is 6.45. The highest BCUT2D eigenvalue weighted by Crippen LogP contribution is 2.32.